The van der Waals surface area contributed by atoms with Gasteiger partial charge in [0.05, 0.1) is 0 Å². The van der Waals surface area contributed by atoms with Crippen LogP contribution in [0, 0.1) is 5.92 Å². The second kappa shape index (κ2) is 6.89. The van der Waals surface area contributed by atoms with Crippen molar-refractivity contribution in [3.05, 3.63) is 29.8 Å². The fraction of sp³-hybridized carbons (Fsp3) is 0.588. The number of nitrogens with two attached hydrogens (primary N) is 1. The number of carbonyl (C=O) groups is 1. The third-order valence-electron chi connectivity index (χ3n) is 4.30. The number of anilines is 1. The molecule has 2 atom stereocenters. The Labute approximate surface area is 122 Å². The Bertz CT molecular complexity index is 458. The van der Waals surface area contributed by atoms with Gasteiger partial charge in [0.25, 0.3) is 0 Å². The molecule has 3 heteroatoms. The number of hydrogen-bond acceptors (Lipinski definition) is 2. The summed E-state index contributed by atoms with van der Waals surface area (Å²) in [5.74, 6) is 0.428. The van der Waals surface area contributed by atoms with Gasteiger partial charge in [-0.15, -0.1) is 0 Å². The van der Waals surface area contributed by atoms with Gasteiger partial charge in [0.15, 0.2) is 0 Å². The highest BCUT2D eigenvalue weighted by atomic mass is 16.2. The molecule has 0 aromatic heterocycles. The summed E-state index contributed by atoms with van der Waals surface area (Å²) in [7, 11) is 0. The van der Waals surface area contributed by atoms with Crippen LogP contribution in [0.3, 0.4) is 0 Å². The highest BCUT2D eigenvalue weighted by Crippen LogP contribution is 2.33. The third-order valence-corrected chi connectivity index (χ3v) is 4.30. The fourth-order valence-corrected chi connectivity index (χ4v) is 2.99. The van der Waals surface area contributed by atoms with Crippen molar-refractivity contribution in [2.24, 2.45) is 11.7 Å². The van der Waals surface area contributed by atoms with Crippen molar-refractivity contribution in [3.63, 3.8) is 0 Å². The Morgan fingerprint density at radius 2 is 2.15 bits per heavy atom. The lowest BCUT2D eigenvalue weighted by molar-refractivity contribution is -0.122. The monoisotopic (exact) mass is 274 g/mol. The van der Waals surface area contributed by atoms with E-state index in [1.807, 2.05) is 29.2 Å². The summed E-state index contributed by atoms with van der Waals surface area (Å²) >= 11 is 0. The lowest BCUT2D eigenvalue weighted by Crippen LogP contribution is -2.41. The molecule has 1 aromatic rings. The molecule has 0 aliphatic carbocycles. The Hall–Kier alpha value is -1.35. The molecule has 0 spiro atoms. The Morgan fingerprint density at radius 1 is 1.40 bits per heavy atom. The maximum Gasteiger partial charge on any atom is 0.230 e. The van der Waals surface area contributed by atoms with Crippen molar-refractivity contribution < 1.29 is 4.79 Å². The molecule has 3 nitrogen and oxygen atoms in total. The highest BCUT2D eigenvalue weighted by molar-refractivity contribution is 5.96. The van der Waals surface area contributed by atoms with Gasteiger partial charge in [0.2, 0.25) is 5.91 Å². The van der Waals surface area contributed by atoms with Crippen LogP contribution in [0.1, 0.15) is 57.6 Å². The zero-order valence-electron chi connectivity index (χ0n) is 12.6. The van der Waals surface area contributed by atoms with Crippen LogP contribution in [-0.2, 0) is 4.79 Å². The van der Waals surface area contributed by atoms with E-state index in [0.29, 0.717) is 0 Å². The van der Waals surface area contributed by atoms with Crippen LogP contribution in [0.15, 0.2) is 24.3 Å². The molecule has 2 rings (SSSR count). The predicted molar refractivity (Wildman–Crippen MR) is 83.6 cm³/mol. The van der Waals surface area contributed by atoms with Crippen LogP contribution in [-0.4, -0.2) is 12.5 Å². The molecule has 2 N–H and O–H groups in total. The van der Waals surface area contributed by atoms with E-state index in [2.05, 4.69) is 13.8 Å². The molecule has 0 radical (unpaired) electrons. The van der Waals surface area contributed by atoms with Crippen LogP contribution in [0.25, 0.3) is 0 Å². The second-order valence-electron chi connectivity index (χ2n) is 5.69. The van der Waals surface area contributed by atoms with E-state index in [0.717, 1.165) is 49.9 Å². The van der Waals surface area contributed by atoms with E-state index in [-0.39, 0.29) is 17.9 Å². The molecule has 0 saturated carbocycles. The summed E-state index contributed by atoms with van der Waals surface area (Å²) in [6, 6.07) is 8.13. The molecule has 1 aromatic carbocycles. The molecule has 1 aliphatic heterocycles. The van der Waals surface area contributed by atoms with Crippen molar-refractivity contribution in [1.82, 2.24) is 0 Å². The van der Waals surface area contributed by atoms with Crippen molar-refractivity contribution >= 4 is 11.6 Å². The molecular weight excluding hydrogens is 248 g/mol. The summed E-state index contributed by atoms with van der Waals surface area (Å²) in [4.78, 5) is 14.8. The number of nitrogens with zero attached hydrogens (tertiary/aromatic N) is 1. The van der Waals surface area contributed by atoms with Crippen LogP contribution < -0.4 is 10.6 Å². The van der Waals surface area contributed by atoms with Crippen LogP contribution in [0.4, 0.5) is 5.69 Å². The van der Waals surface area contributed by atoms with E-state index in [1.165, 1.54) is 0 Å². The number of fused-ring (bicyclic) bond motifs is 1. The number of benzene rings is 1. The lowest BCUT2D eigenvalue weighted by Gasteiger charge is -2.34. The zero-order chi connectivity index (χ0) is 14.5. The average Bonchev–Trinajstić information content (AvgIpc) is 2.48. The molecule has 110 valence electrons. The first-order valence-corrected chi connectivity index (χ1v) is 7.84. The molecular formula is C17H26N2O. The van der Waals surface area contributed by atoms with Gasteiger partial charge in [0.1, 0.15) is 0 Å². The first-order chi connectivity index (χ1) is 9.69. The number of amides is 1. The normalized spacial score (nSPS) is 19.6. The summed E-state index contributed by atoms with van der Waals surface area (Å²) in [6.45, 7) is 5.03. The second-order valence-corrected chi connectivity index (χ2v) is 5.69. The third kappa shape index (κ3) is 3.04. The number of rotatable bonds is 5. The Balaban J connectivity index is 2.20. The quantitative estimate of drug-likeness (QED) is 0.891. The minimum Gasteiger partial charge on any atom is -0.324 e. The summed E-state index contributed by atoms with van der Waals surface area (Å²) in [5, 5.41) is 0. The van der Waals surface area contributed by atoms with E-state index >= 15 is 0 Å². The lowest BCUT2D eigenvalue weighted by atomic mass is 9.93. The SMILES string of the molecule is CCCCC(CC)C(=O)N1CCC(N)c2ccccc21. The maximum atomic E-state index is 12.8. The average molecular weight is 274 g/mol. The van der Waals surface area contributed by atoms with E-state index in [4.69, 9.17) is 5.73 Å². The van der Waals surface area contributed by atoms with Gasteiger partial charge in [0, 0.05) is 24.2 Å². The highest BCUT2D eigenvalue weighted by Gasteiger charge is 2.29. The molecule has 0 saturated heterocycles. The van der Waals surface area contributed by atoms with Gasteiger partial charge in [-0.1, -0.05) is 44.9 Å². The van der Waals surface area contributed by atoms with Gasteiger partial charge in [-0.05, 0) is 30.9 Å². The smallest absolute Gasteiger partial charge is 0.230 e. The summed E-state index contributed by atoms with van der Waals surface area (Å²) in [6.07, 6.45) is 5.04. The first-order valence-electron chi connectivity index (χ1n) is 7.84. The van der Waals surface area contributed by atoms with Gasteiger partial charge in [-0.3, -0.25) is 4.79 Å². The molecule has 2 unspecified atom stereocenters. The van der Waals surface area contributed by atoms with Gasteiger partial charge >= 0.3 is 0 Å². The number of unbranched alkanes of at least 4 members (excludes halogenated alkanes) is 1. The van der Waals surface area contributed by atoms with Crippen LogP contribution >= 0.6 is 0 Å². The van der Waals surface area contributed by atoms with E-state index in [9.17, 15) is 4.79 Å². The zero-order valence-corrected chi connectivity index (χ0v) is 12.6. The minimum atomic E-state index is 0.0611. The molecule has 0 bridgehead atoms. The van der Waals surface area contributed by atoms with Crippen molar-refractivity contribution in [1.29, 1.82) is 0 Å². The standard InChI is InChI=1S/C17H26N2O/c1-3-5-8-13(4-2)17(20)19-12-11-15(18)14-9-6-7-10-16(14)19/h6-7,9-10,13,15H,3-5,8,11-12,18H2,1-2H3. The van der Waals surface area contributed by atoms with Crippen LogP contribution in [0.5, 0.6) is 0 Å². The van der Waals surface area contributed by atoms with E-state index in [1.54, 1.807) is 0 Å². The summed E-state index contributed by atoms with van der Waals surface area (Å²) < 4.78 is 0. The maximum absolute atomic E-state index is 12.8. The van der Waals surface area contributed by atoms with Crippen molar-refractivity contribution in [2.75, 3.05) is 11.4 Å². The molecule has 1 heterocycles. The topological polar surface area (TPSA) is 46.3 Å². The molecule has 1 amide bonds. The minimum absolute atomic E-state index is 0.0611. The largest absolute Gasteiger partial charge is 0.324 e. The van der Waals surface area contributed by atoms with Gasteiger partial charge in [-0.2, -0.15) is 0 Å². The van der Waals surface area contributed by atoms with Gasteiger partial charge < -0.3 is 10.6 Å². The van der Waals surface area contributed by atoms with Crippen LogP contribution in [0.2, 0.25) is 0 Å². The first kappa shape index (κ1) is 15.0. The molecule has 1 aliphatic rings. The van der Waals surface area contributed by atoms with Crippen molar-refractivity contribution in [3.8, 4) is 0 Å². The predicted octanol–water partition coefficient (Wildman–Crippen LogP) is 3.64. The van der Waals surface area contributed by atoms with Gasteiger partial charge in [-0.25, -0.2) is 0 Å². The van der Waals surface area contributed by atoms with Crippen molar-refractivity contribution in [2.45, 2.75) is 52.0 Å². The molecule has 20 heavy (non-hydrogen) atoms. The Kier molecular flexibility index (Phi) is 5.18. The van der Waals surface area contributed by atoms with E-state index < -0.39 is 0 Å². The summed E-state index contributed by atoms with van der Waals surface area (Å²) in [5.41, 5.74) is 8.29. The number of carbonyl (C=O) groups excluding carboxylic acids is 1. The molecule has 0 fully saturated rings. The number of para-hydroxylation sites is 1. The fourth-order valence-electron chi connectivity index (χ4n) is 2.99. The Morgan fingerprint density at radius 3 is 2.85 bits per heavy atom. The number of hydrogen-bond donors (Lipinski definition) is 1.